The molecule has 0 atom stereocenters. The standard InChI is InChI=1S/C17H19FN2OS.ClH/c18-13-1-2-14-12(9-13)10-15(22-14)16(21)20-7-4-17(5-8-20)3-6-19-11-17;/h1-2,9-10,19H,3-8,11H2;1H. The average Bonchev–Trinajstić information content (AvgIpc) is 3.14. The topological polar surface area (TPSA) is 32.3 Å². The Balaban J connectivity index is 0.00000156. The number of nitrogens with one attached hydrogen (secondary N) is 1. The Morgan fingerprint density at radius 1 is 1.22 bits per heavy atom. The molecule has 0 saturated carbocycles. The summed E-state index contributed by atoms with van der Waals surface area (Å²) in [6, 6.07) is 6.53. The van der Waals surface area contributed by atoms with Gasteiger partial charge in [-0.05, 0) is 60.9 Å². The van der Waals surface area contributed by atoms with E-state index in [1.54, 1.807) is 6.07 Å². The van der Waals surface area contributed by atoms with E-state index < -0.39 is 0 Å². The van der Waals surface area contributed by atoms with Gasteiger partial charge in [0.1, 0.15) is 5.82 Å². The number of likely N-dealkylation sites (tertiary alicyclic amines) is 1. The van der Waals surface area contributed by atoms with Crippen LogP contribution in [0, 0.1) is 11.2 Å². The first kappa shape index (κ1) is 16.7. The van der Waals surface area contributed by atoms with Gasteiger partial charge in [-0.3, -0.25) is 4.79 Å². The molecule has 2 aliphatic rings. The maximum atomic E-state index is 13.3. The number of piperidine rings is 1. The summed E-state index contributed by atoms with van der Waals surface area (Å²) in [5, 5.41) is 4.27. The van der Waals surface area contributed by atoms with Gasteiger partial charge in [0.25, 0.3) is 5.91 Å². The Morgan fingerprint density at radius 2 is 2.00 bits per heavy atom. The molecule has 2 aliphatic heterocycles. The number of benzene rings is 1. The Morgan fingerprint density at radius 3 is 2.70 bits per heavy atom. The van der Waals surface area contributed by atoms with Crippen molar-refractivity contribution in [2.45, 2.75) is 19.3 Å². The molecule has 2 saturated heterocycles. The van der Waals surface area contributed by atoms with Crippen molar-refractivity contribution in [3.05, 3.63) is 35.0 Å². The normalized spacial score (nSPS) is 20.0. The number of amides is 1. The third-order valence-corrected chi connectivity index (χ3v) is 6.24. The molecule has 1 aromatic heterocycles. The van der Waals surface area contributed by atoms with Crippen LogP contribution in [0.5, 0.6) is 0 Å². The Labute approximate surface area is 145 Å². The minimum absolute atomic E-state index is 0. The predicted octanol–water partition coefficient (Wildman–Crippen LogP) is 3.68. The van der Waals surface area contributed by atoms with Crippen molar-refractivity contribution < 1.29 is 9.18 Å². The summed E-state index contributed by atoms with van der Waals surface area (Å²) in [7, 11) is 0. The summed E-state index contributed by atoms with van der Waals surface area (Å²) in [6.07, 6.45) is 3.41. The predicted molar refractivity (Wildman–Crippen MR) is 94.1 cm³/mol. The quantitative estimate of drug-likeness (QED) is 0.847. The fraction of sp³-hybridized carbons (Fsp3) is 0.471. The Kier molecular flexibility index (Phi) is 4.63. The number of fused-ring (bicyclic) bond motifs is 1. The van der Waals surface area contributed by atoms with Gasteiger partial charge >= 0.3 is 0 Å². The lowest BCUT2D eigenvalue weighted by molar-refractivity contribution is 0.0612. The third kappa shape index (κ3) is 3.10. The highest BCUT2D eigenvalue weighted by Gasteiger charge is 2.38. The number of carbonyl (C=O) groups is 1. The van der Waals surface area contributed by atoms with Crippen LogP contribution in [0.2, 0.25) is 0 Å². The molecule has 124 valence electrons. The zero-order chi connectivity index (χ0) is 15.2. The lowest BCUT2D eigenvalue weighted by atomic mass is 9.78. The lowest BCUT2D eigenvalue weighted by Crippen LogP contribution is -2.43. The van der Waals surface area contributed by atoms with Gasteiger partial charge in [0.2, 0.25) is 0 Å². The van der Waals surface area contributed by atoms with E-state index in [4.69, 9.17) is 0 Å². The molecular weight excluding hydrogens is 335 g/mol. The number of halogens is 2. The van der Waals surface area contributed by atoms with Gasteiger partial charge in [0.05, 0.1) is 4.88 Å². The van der Waals surface area contributed by atoms with Gasteiger partial charge in [-0.2, -0.15) is 0 Å². The van der Waals surface area contributed by atoms with E-state index in [1.165, 1.54) is 29.9 Å². The van der Waals surface area contributed by atoms with E-state index in [0.29, 0.717) is 5.41 Å². The molecular formula is C17H20ClFN2OS. The lowest BCUT2D eigenvalue weighted by Gasteiger charge is -2.38. The fourth-order valence-corrected chi connectivity index (χ4v) is 4.69. The Hall–Kier alpha value is -1.17. The van der Waals surface area contributed by atoms with Gasteiger partial charge in [0, 0.05) is 24.3 Å². The van der Waals surface area contributed by atoms with Crippen molar-refractivity contribution in [3.8, 4) is 0 Å². The van der Waals surface area contributed by atoms with Crippen molar-refractivity contribution in [1.29, 1.82) is 0 Å². The summed E-state index contributed by atoms with van der Waals surface area (Å²) in [5.74, 6) is -0.152. The van der Waals surface area contributed by atoms with Crippen molar-refractivity contribution in [2.75, 3.05) is 26.2 Å². The molecule has 1 amide bonds. The minimum atomic E-state index is -0.252. The van der Waals surface area contributed by atoms with Crippen LogP contribution in [0.15, 0.2) is 24.3 Å². The summed E-state index contributed by atoms with van der Waals surface area (Å²) in [4.78, 5) is 15.4. The smallest absolute Gasteiger partial charge is 0.263 e. The molecule has 1 spiro atoms. The van der Waals surface area contributed by atoms with Crippen molar-refractivity contribution in [1.82, 2.24) is 10.2 Å². The molecule has 1 aromatic carbocycles. The van der Waals surface area contributed by atoms with Gasteiger partial charge in [0.15, 0.2) is 0 Å². The van der Waals surface area contributed by atoms with Crippen LogP contribution in [-0.4, -0.2) is 37.0 Å². The van der Waals surface area contributed by atoms with Crippen LogP contribution in [-0.2, 0) is 0 Å². The number of hydrogen-bond acceptors (Lipinski definition) is 3. The number of nitrogens with zero attached hydrogens (tertiary/aromatic N) is 1. The molecule has 0 aliphatic carbocycles. The second-order valence-corrected chi connectivity index (χ2v) is 7.60. The zero-order valence-corrected chi connectivity index (χ0v) is 14.4. The summed E-state index contributed by atoms with van der Waals surface area (Å²) in [5.41, 5.74) is 0.417. The van der Waals surface area contributed by atoms with Crippen LogP contribution in [0.3, 0.4) is 0 Å². The minimum Gasteiger partial charge on any atom is -0.338 e. The number of hydrogen-bond donors (Lipinski definition) is 1. The van der Waals surface area contributed by atoms with E-state index in [9.17, 15) is 9.18 Å². The SMILES string of the molecule is Cl.O=C(c1cc2cc(F)ccc2s1)N1CCC2(CCNC2)CC1. The van der Waals surface area contributed by atoms with Crippen LogP contribution >= 0.6 is 23.7 Å². The second kappa shape index (κ2) is 6.38. The molecule has 6 heteroatoms. The summed E-state index contributed by atoms with van der Waals surface area (Å²) >= 11 is 1.46. The zero-order valence-electron chi connectivity index (χ0n) is 12.8. The largest absolute Gasteiger partial charge is 0.338 e. The van der Waals surface area contributed by atoms with Gasteiger partial charge in [-0.1, -0.05) is 0 Å². The highest BCUT2D eigenvalue weighted by atomic mass is 35.5. The number of thiophene rings is 1. The Bertz CT molecular complexity index is 716. The van der Waals surface area contributed by atoms with E-state index in [1.807, 2.05) is 11.0 Å². The van der Waals surface area contributed by atoms with Gasteiger partial charge < -0.3 is 10.2 Å². The molecule has 23 heavy (non-hydrogen) atoms. The van der Waals surface area contributed by atoms with Crippen LogP contribution < -0.4 is 5.32 Å². The molecule has 2 aromatic rings. The van der Waals surface area contributed by atoms with Gasteiger partial charge in [-0.15, -0.1) is 23.7 Å². The second-order valence-electron chi connectivity index (χ2n) is 6.51. The highest BCUT2D eigenvalue weighted by Crippen LogP contribution is 2.37. The summed E-state index contributed by atoms with van der Waals surface area (Å²) < 4.78 is 14.2. The molecule has 0 bridgehead atoms. The first-order chi connectivity index (χ1) is 10.7. The fourth-order valence-electron chi connectivity index (χ4n) is 3.68. The molecule has 0 radical (unpaired) electrons. The molecule has 3 heterocycles. The van der Waals surface area contributed by atoms with Crippen molar-refractivity contribution >= 4 is 39.7 Å². The van der Waals surface area contributed by atoms with Gasteiger partial charge in [-0.25, -0.2) is 4.39 Å². The monoisotopic (exact) mass is 354 g/mol. The van der Waals surface area contributed by atoms with Crippen LogP contribution in [0.4, 0.5) is 4.39 Å². The molecule has 3 nitrogen and oxygen atoms in total. The van der Waals surface area contributed by atoms with E-state index in [-0.39, 0.29) is 24.1 Å². The van der Waals surface area contributed by atoms with E-state index >= 15 is 0 Å². The third-order valence-electron chi connectivity index (χ3n) is 5.13. The van der Waals surface area contributed by atoms with Crippen LogP contribution in [0.25, 0.3) is 10.1 Å². The average molecular weight is 355 g/mol. The van der Waals surface area contributed by atoms with Crippen LogP contribution in [0.1, 0.15) is 28.9 Å². The van der Waals surface area contributed by atoms with E-state index in [0.717, 1.165) is 54.0 Å². The molecule has 1 N–H and O–H groups in total. The molecule has 2 fully saturated rings. The first-order valence-electron chi connectivity index (χ1n) is 7.84. The molecule has 0 unspecified atom stereocenters. The van der Waals surface area contributed by atoms with E-state index in [2.05, 4.69) is 5.32 Å². The first-order valence-corrected chi connectivity index (χ1v) is 8.66. The highest BCUT2D eigenvalue weighted by molar-refractivity contribution is 7.20. The number of carbonyl (C=O) groups excluding carboxylic acids is 1. The van der Waals surface area contributed by atoms with Crippen molar-refractivity contribution in [2.24, 2.45) is 5.41 Å². The maximum absolute atomic E-state index is 13.3. The van der Waals surface area contributed by atoms with Crippen molar-refractivity contribution in [3.63, 3.8) is 0 Å². The maximum Gasteiger partial charge on any atom is 0.263 e. The molecule has 4 rings (SSSR count). The number of rotatable bonds is 1. The summed E-state index contributed by atoms with van der Waals surface area (Å²) in [6.45, 7) is 3.87.